The average molecular weight is 459 g/mol. The number of piperazine rings is 1. The van der Waals surface area contributed by atoms with E-state index in [0.717, 1.165) is 60.7 Å². The quantitative estimate of drug-likeness (QED) is 0.475. The number of amides is 1. The van der Waals surface area contributed by atoms with Gasteiger partial charge in [-0.25, -0.2) is 0 Å². The topological polar surface area (TPSA) is 42.0 Å². The Kier molecular flexibility index (Phi) is 7.99. The van der Waals surface area contributed by atoms with Gasteiger partial charge < -0.3 is 14.4 Å². The number of hydrogen-bond acceptors (Lipinski definition) is 4. The van der Waals surface area contributed by atoms with Crippen LogP contribution in [0.4, 0.5) is 0 Å². The highest BCUT2D eigenvalue weighted by atomic mass is 16.5. The molecule has 0 saturated carbocycles. The molecule has 1 unspecified atom stereocenters. The summed E-state index contributed by atoms with van der Waals surface area (Å²) >= 11 is 0. The second-order valence-corrected chi connectivity index (χ2v) is 9.02. The zero-order chi connectivity index (χ0) is 23.9. The van der Waals surface area contributed by atoms with Crippen molar-refractivity contribution in [2.75, 3.05) is 39.8 Å². The third-order valence-corrected chi connectivity index (χ3v) is 6.42. The largest absolute Gasteiger partial charge is 0.497 e. The van der Waals surface area contributed by atoms with Gasteiger partial charge in [0.05, 0.1) is 19.8 Å². The summed E-state index contributed by atoms with van der Waals surface area (Å²) in [5.41, 5.74) is 5.42. The molecular formula is C29H34N2O3. The number of rotatable bonds is 8. The van der Waals surface area contributed by atoms with Gasteiger partial charge in [0.25, 0.3) is 5.91 Å². The van der Waals surface area contributed by atoms with Crippen molar-refractivity contribution in [3.8, 4) is 5.75 Å². The molecule has 0 bridgehead atoms. The summed E-state index contributed by atoms with van der Waals surface area (Å²) in [5.74, 6) is 0.939. The van der Waals surface area contributed by atoms with E-state index in [-0.39, 0.29) is 12.0 Å². The van der Waals surface area contributed by atoms with Gasteiger partial charge in [-0.2, -0.15) is 0 Å². The lowest BCUT2D eigenvalue weighted by Crippen LogP contribution is -2.49. The molecule has 178 valence electrons. The zero-order valence-electron chi connectivity index (χ0n) is 20.4. The maximum atomic E-state index is 12.9. The van der Waals surface area contributed by atoms with Crippen molar-refractivity contribution >= 4 is 5.91 Å². The van der Waals surface area contributed by atoms with Gasteiger partial charge >= 0.3 is 0 Å². The van der Waals surface area contributed by atoms with E-state index in [0.29, 0.717) is 6.61 Å². The summed E-state index contributed by atoms with van der Waals surface area (Å²) in [5, 5.41) is 0. The van der Waals surface area contributed by atoms with E-state index in [4.69, 9.17) is 9.47 Å². The van der Waals surface area contributed by atoms with Crippen LogP contribution in [0, 0.1) is 13.8 Å². The second kappa shape index (κ2) is 11.3. The number of hydrogen-bond donors (Lipinski definition) is 0. The number of ether oxygens (including phenoxy) is 2. The Morgan fingerprint density at radius 3 is 2.18 bits per heavy atom. The molecule has 5 heteroatoms. The normalized spacial score (nSPS) is 15.2. The molecule has 0 radical (unpaired) electrons. The lowest BCUT2D eigenvalue weighted by molar-refractivity contribution is 0.00333. The minimum Gasteiger partial charge on any atom is -0.497 e. The number of carbonyl (C=O) groups is 1. The van der Waals surface area contributed by atoms with Crippen molar-refractivity contribution in [3.63, 3.8) is 0 Å². The van der Waals surface area contributed by atoms with E-state index in [1.165, 1.54) is 5.56 Å². The monoisotopic (exact) mass is 458 g/mol. The molecule has 1 aliphatic rings. The fraction of sp³-hybridized carbons (Fsp3) is 0.345. The van der Waals surface area contributed by atoms with Crippen LogP contribution in [-0.4, -0.2) is 55.5 Å². The van der Waals surface area contributed by atoms with Crippen molar-refractivity contribution in [1.82, 2.24) is 9.80 Å². The summed E-state index contributed by atoms with van der Waals surface area (Å²) in [4.78, 5) is 17.2. The van der Waals surface area contributed by atoms with E-state index in [1.54, 1.807) is 7.11 Å². The van der Waals surface area contributed by atoms with Gasteiger partial charge in [0, 0.05) is 38.3 Å². The van der Waals surface area contributed by atoms with Gasteiger partial charge in [0.1, 0.15) is 5.75 Å². The molecule has 0 N–H and O–H groups in total. The number of aryl methyl sites for hydroxylation is 2. The summed E-state index contributed by atoms with van der Waals surface area (Å²) in [6.07, 6.45) is -0.0873. The van der Waals surface area contributed by atoms with Gasteiger partial charge in [-0.1, -0.05) is 59.7 Å². The van der Waals surface area contributed by atoms with Gasteiger partial charge in [-0.05, 0) is 49.2 Å². The molecule has 0 aromatic heterocycles. The zero-order valence-corrected chi connectivity index (χ0v) is 20.4. The fourth-order valence-electron chi connectivity index (χ4n) is 4.22. The molecular weight excluding hydrogens is 424 g/mol. The minimum atomic E-state index is -0.0873. The van der Waals surface area contributed by atoms with Crippen molar-refractivity contribution in [2.24, 2.45) is 0 Å². The first kappa shape index (κ1) is 24.0. The Bertz CT molecular complexity index is 1070. The van der Waals surface area contributed by atoms with Crippen LogP contribution in [0.3, 0.4) is 0 Å². The van der Waals surface area contributed by atoms with Gasteiger partial charge in [0.15, 0.2) is 0 Å². The lowest BCUT2D eigenvalue weighted by Gasteiger charge is -2.36. The van der Waals surface area contributed by atoms with Crippen LogP contribution in [0.5, 0.6) is 5.75 Å². The van der Waals surface area contributed by atoms with Crippen LogP contribution in [-0.2, 0) is 11.3 Å². The third kappa shape index (κ3) is 6.25. The van der Waals surface area contributed by atoms with E-state index >= 15 is 0 Å². The Hall–Kier alpha value is -3.15. The highest BCUT2D eigenvalue weighted by Crippen LogP contribution is 2.25. The van der Waals surface area contributed by atoms with Crippen molar-refractivity contribution < 1.29 is 14.3 Å². The maximum Gasteiger partial charge on any atom is 0.253 e. The predicted molar refractivity (Wildman–Crippen MR) is 135 cm³/mol. The average Bonchev–Trinajstić information content (AvgIpc) is 2.88. The molecule has 34 heavy (non-hydrogen) atoms. The molecule has 1 atom stereocenters. The number of nitrogens with zero attached hydrogens (tertiary/aromatic N) is 2. The van der Waals surface area contributed by atoms with Crippen molar-refractivity contribution in [3.05, 3.63) is 101 Å². The first-order valence-electron chi connectivity index (χ1n) is 11.9. The maximum absolute atomic E-state index is 12.9. The molecule has 1 saturated heterocycles. The molecule has 1 heterocycles. The first-order chi connectivity index (χ1) is 16.5. The molecule has 5 nitrogen and oxygen atoms in total. The van der Waals surface area contributed by atoms with Gasteiger partial charge in [-0.15, -0.1) is 0 Å². The van der Waals surface area contributed by atoms with Crippen LogP contribution < -0.4 is 4.74 Å². The standard InChI is InChI=1S/C29H34N2O3/c1-22-7-11-24(12-8-22)21-34-28(26-5-4-6-27(19-26)33-3)20-30-15-17-31(18-16-30)29(32)25-13-9-23(2)10-14-25/h4-14,19,28H,15-18,20-21H2,1-3H3. The van der Waals surface area contributed by atoms with E-state index in [1.807, 2.05) is 48.2 Å². The Morgan fingerprint density at radius 1 is 0.882 bits per heavy atom. The fourth-order valence-corrected chi connectivity index (χ4v) is 4.22. The highest BCUT2D eigenvalue weighted by Gasteiger charge is 2.25. The molecule has 1 amide bonds. The van der Waals surface area contributed by atoms with Crippen LogP contribution in [0.25, 0.3) is 0 Å². The van der Waals surface area contributed by atoms with E-state index in [2.05, 4.69) is 48.2 Å². The van der Waals surface area contributed by atoms with Crippen LogP contribution in [0.2, 0.25) is 0 Å². The van der Waals surface area contributed by atoms with Crippen LogP contribution in [0.1, 0.15) is 38.7 Å². The summed E-state index contributed by atoms with van der Waals surface area (Å²) in [6, 6.07) is 24.4. The SMILES string of the molecule is COc1cccc(C(CN2CCN(C(=O)c3ccc(C)cc3)CC2)OCc2ccc(C)cc2)c1. The molecule has 3 aromatic rings. The predicted octanol–water partition coefficient (Wildman–Crippen LogP) is 5.03. The lowest BCUT2D eigenvalue weighted by atomic mass is 10.1. The second-order valence-electron chi connectivity index (χ2n) is 9.02. The minimum absolute atomic E-state index is 0.0873. The van der Waals surface area contributed by atoms with Crippen molar-refractivity contribution in [1.29, 1.82) is 0 Å². The van der Waals surface area contributed by atoms with Gasteiger partial charge in [0.2, 0.25) is 0 Å². The van der Waals surface area contributed by atoms with E-state index in [9.17, 15) is 4.79 Å². The summed E-state index contributed by atoms with van der Waals surface area (Å²) < 4.78 is 11.9. The molecule has 3 aromatic carbocycles. The van der Waals surface area contributed by atoms with Crippen molar-refractivity contribution in [2.45, 2.75) is 26.6 Å². The first-order valence-corrected chi connectivity index (χ1v) is 11.9. The number of methoxy groups -OCH3 is 1. The Labute approximate surface area is 202 Å². The Balaban J connectivity index is 1.40. The molecule has 4 rings (SSSR count). The van der Waals surface area contributed by atoms with E-state index < -0.39 is 0 Å². The smallest absolute Gasteiger partial charge is 0.253 e. The van der Waals surface area contributed by atoms with Crippen LogP contribution in [0.15, 0.2) is 72.8 Å². The number of benzene rings is 3. The summed E-state index contributed by atoms with van der Waals surface area (Å²) in [6.45, 7) is 8.53. The third-order valence-electron chi connectivity index (χ3n) is 6.42. The molecule has 0 spiro atoms. The number of carbonyl (C=O) groups excluding carboxylic acids is 1. The summed E-state index contributed by atoms with van der Waals surface area (Å²) in [7, 11) is 1.69. The van der Waals surface area contributed by atoms with Crippen LogP contribution >= 0.6 is 0 Å². The van der Waals surface area contributed by atoms with Gasteiger partial charge in [-0.3, -0.25) is 9.69 Å². The Morgan fingerprint density at radius 2 is 1.53 bits per heavy atom. The molecule has 1 fully saturated rings. The highest BCUT2D eigenvalue weighted by molar-refractivity contribution is 5.94. The molecule has 1 aliphatic heterocycles. The molecule has 0 aliphatic carbocycles.